The van der Waals surface area contributed by atoms with Crippen molar-refractivity contribution in [2.45, 2.75) is 25.8 Å². The van der Waals surface area contributed by atoms with Crippen molar-refractivity contribution in [3.8, 4) is 5.75 Å². The molecule has 2 saturated heterocycles. The summed E-state index contributed by atoms with van der Waals surface area (Å²) in [5, 5.41) is 3.31. The van der Waals surface area contributed by atoms with Crippen LogP contribution < -0.4 is 10.1 Å². The van der Waals surface area contributed by atoms with Gasteiger partial charge in [-0.15, -0.1) is 12.4 Å². The molecule has 2 aliphatic heterocycles. The van der Waals surface area contributed by atoms with Gasteiger partial charge in [0, 0.05) is 44.7 Å². The minimum atomic E-state index is -0.00899. The first-order valence-electron chi connectivity index (χ1n) is 9.12. The molecule has 0 bridgehead atoms. The minimum Gasteiger partial charge on any atom is -0.484 e. The van der Waals surface area contributed by atoms with Crippen molar-refractivity contribution in [1.29, 1.82) is 0 Å². The van der Waals surface area contributed by atoms with Gasteiger partial charge in [-0.2, -0.15) is 0 Å². The fourth-order valence-electron chi connectivity index (χ4n) is 3.53. The maximum atomic E-state index is 12.7. The average Bonchev–Trinajstić information content (AvgIpc) is 2.67. The first-order chi connectivity index (χ1) is 12.1. The molecule has 2 amide bonds. The molecule has 7 heteroatoms. The van der Waals surface area contributed by atoms with E-state index >= 15 is 0 Å². The summed E-state index contributed by atoms with van der Waals surface area (Å²) in [5.74, 6) is 0.986. The molecule has 3 rings (SSSR count). The molecule has 0 aliphatic carbocycles. The monoisotopic (exact) mass is 381 g/mol. The highest BCUT2D eigenvalue weighted by molar-refractivity contribution is 5.85. The normalized spacial score (nSPS) is 21.0. The van der Waals surface area contributed by atoms with Crippen LogP contribution in [0.3, 0.4) is 0 Å². The summed E-state index contributed by atoms with van der Waals surface area (Å²) in [7, 11) is 0. The molecule has 1 aromatic rings. The molecule has 2 aliphatic rings. The Kier molecular flexibility index (Phi) is 7.72. The van der Waals surface area contributed by atoms with E-state index in [0.29, 0.717) is 18.8 Å². The van der Waals surface area contributed by atoms with E-state index in [2.05, 4.69) is 12.2 Å². The molecule has 2 heterocycles. The Bertz CT molecular complexity index is 591. The highest BCUT2D eigenvalue weighted by Gasteiger charge is 2.32. The average molecular weight is 382 g/mol. The maximum absolute atomic E-state index is 12.7. The number of nitrogens with one attached hydrogen (secondary N) is 1. The summed E-state index contributed by atoms with van der Waals surface area (Å²) < 4.78 is 5.53. The Morgan fingerprint density at radius 1 is 1.15 bits per heavy atom. The Hall–Kier alpha value is -1.79. The zero-order chi connectivity index (χ0) is 17.6. The third-order valence-corrected chi connectivity index (χ3v) is 5.09. The number of nitrogens with zero attached hydrogens (tertiary/aromatic N) is 2. The van der Waals surface area contributed by atoms with Gasteiger partial charge >= 0.3 is 0 Å². The second kappa shape index (κ2) is 9.78. The molecule has 1 N–H and O–H groups in total. The van der Waals surface area contributed by atoms with Crippen LogP contribution in [0.1, 0.15) is 19.8 Å². The Balaban J connectivity index is 0.00000243. The van der Waals surface area contributed by atoms with Crippen LogP contribution in [0.5, 0.6) is 5.75 Å². The molecule has 0 spiro atoms. The summed E-state index contributed by atoms with van der Waals surface area (Å²) in [6, 6.07) is 9.61. The SMILES string of the molecule is CC1CNCCN1C(=O)C1CCN(C(=O)COc2ccccc2)CC1.Cl. The number of likely N-dealkylation sites (tertiary alicyclic amines) is 1. The molecule has 26 heavy (non-hydrogen) atoms. The van der Waals surface area contributed by atoms with E-state index in [1.807, 2.05) is 40.1 Å². The van der Waals surface area contributed by atoms with Crippen LogP contribution in [0.15, 0.2) is 30.3 Å². The second-order valence-corrected chi connectivity index (χ2v) is 6.84. The number of piperazine rings is 1. The molecule has 1 unspecified atom stereocenters. The number of carbonyl (C=O) groups is 2. The molecule has 144 valence electrons. The number of rotatable bonds is 4. The van der Waals surface area contributed by atoms with Crippen molar-refractivity contribution in [2.75, 3.05) is 39.3 Å². The van der Waals surface area contributed by atoms with Gasteiger partial charge < -0.3 is 19.9 Å². The van der Waals surface area contributed by atoms with Gasteiger partial charge in [0.05, 0.1) is 0 Å². The minimum absolute atomic E-state index is 0. The number of benzene rings is 1. The Morgan fingerprint density at radius 2 is 1.85 bits per heavy atom. The topological polar surface area (TPSA) is 61.9 Å². The fourth-order valence-corrected chi connectivity index (χ4v) is 3.53. The third-order valence-electron chi connectivity index (χ3n) is 5.09. The quantitative estimate of drug-likeness (QED) is 0.859. The number of amides is 2. The lowest BCUT2D eigenvalue weighted by Crippen LogP contribution is -2.55. The smallest absolute Gasteiger partial charge is 0.260 e. The van der Waals surface area contributed by atoms with Gasteiger partial charge in [-0.3, -0.25) is 9.59 Å². The summed E-state index contributed by atoms with van der Waals surface area (Å²) in [6.45, 7) is 5.91. The molecule has 0 aromatic heterocycles. The number of piperidine rings is 1. The van der Waals surface area contributed by atoms with Crippen LogP contribution in [0.4, 0.5) is 0 Å². The maximum Gasteiger partial charge on any atom is 0.260 e. The lowest BCUT2D eigenvalue weighted by atomic mass is 9.94. The van der Waals surface area contributed by atoms with Gasteiger partial charge in [0.15, 0.2) is 6.61 Å². The van der Waals surface area contributed by atoms with Gasteiger partial charge in [-0.25, -0.2) is 0 Å². The standard InChI is InChI=1S/C19H27N3O3.ClH/c1-15-13-20-9-12-22(15)19(24)16-7-10-21(11-8-16)18(23)14-25-17-5-3-2-4-6-17;/h2-6,15-16,20H,7-14H2,1H3;1H. The van der Waals surface area contributed by atoms with Crippen molar-refractivity contribution in [3.05, 3.63) is 30.3 Å². The summed E-state index contributed by atoms with van der Waals surface area (Å²) >= 11 is 0. The number of hydrogen-bond donors (Lipinski definition) is 1. The number of para-hydroxylation sites is 1. The van der Waals surface area contributed by atoms with Gasteiger partial charge in [0.2, 0.25) is 5.91 Å². The molecule has 2 fully saturated rings. The van der Waals surface area contributed by atoms with E-state index in [1.54, 1.807) is 0 Å². The van der Waals surface area contributed by atoms with Crippen LogP contribution in [0.2, 0.25) is 0 Å². The molecule has 1 aromatic carbocycles. The number of ether oxygens (including phenoxy) is 1. The number of hydrogen-bond acceptors (Lipinski definition) is 4. The first-order valence-corrected chi connectivity index (χ1v) is 9.12. The van der Waals surface area contributed by atoms with Crippen molar-refractivity contribution in [3.63, 3.8) is 0 Å². The van der Waals surface area contributed by atoms with E-state index in [1.165, 1.54) is 0 Å². The van der Waals surface area contributed by atoms with Crippen LogP contribution in [-0.2, 0) is 9.59 Å². The first kappa shape index (κ1) is 20.5. The number of carbonyl (C=O) groups excluding carboxylic acids is 2. The van der Waals surface area contributed by atoms with Crippen LogP contribution >= 0.6 is 12.4 Å². The van der Waals surface area contributed by atoms with Crippen LogP contribution in [0, 0.1) is 5.92 Å². The summed E-state index contributed by atoms with van der Waals surface area (Å²) in [4.78, 5) is 28.8. The Labute approximate surface area is 161 Å². The van der Waals surface area contributed by atoms with Crippen molar-refractivity contribution in [1.82, 2.24) is 15.1 Å². The lowest BCUT2D eigenvalue weighted by molar-refractivity contribution is -0.143. The molecular formula is C19H28ClN3O3. The van der Waals surface area contributed by atoms with Crippen LogP contribution in [0.25, 0.3) is 0 Å². The molecule has 0 radical (unpaired) electrons. The molecular weight excluding hydrogens is 354 g/mol. The van der Waals surface area contributed by atoms with Crippen molar-refractivity contribution >= 4 is 24.2 Å². The molecule has 1 atom stereocenters. The highest BCUT2D eigenvalue weighted by Crippen LogP contribution is 2.21. The van der Waals surface area contributed by atoms with Crippen molar-refractivity contribution < 1.29 is 14.3 Å². The number of halogens is 1. The van der Waals surface area contributed by atoms with E-state index in [-0.39, 0.29) is 42.8 Å². The van der Waals surface area contributed by atoms with E-state index < -0.39 is 0 Å². The largest absolute Gasteiger partial charge is 0.484 e. The van der Waals surface area contributed by atoms with Crippen LogP contribution in [-0.4, -0.2) is 67.0 Å². The van der Waals surface area contributed by atoms with Gasteiger partial charge in [0.1, 0.15) is 5.75 Å². The third kappa shape index (κ3) is 5.11. The Morgan fingerprint density at radius 3 is 2.50 bits per heavy atom. The molecule has 0 saturated carbocycles. The van der Waals surface area contributed by atoms with Crippen molar-refractivity contribution in [2.24, 2.45) is 5.92 Å². The summed E-state index contributed by atoms with van der Waals surface area (Å²) in [6.07, 6.45) is 1.49. The van der Waals surface area contributed by atoms with Gasteiger partial charge in [-0.1, -0.05) is 18.2 Å². The van der Waals surface area contributed by atoms with E-state index in [0.717, 1.165) is 32.5 Å². The predicted octanol–water partition coefficient (Wildman–Crippen LogP) is 1.55. The zero-order valence-electron chi connectivity index (χ0n) is 15.2. The van der Waals surface area contributed by atoms with E-state index in [4.69, 9.17) is 4.74 Å². The second-order valence-electron chi connectivity index (χ2n) is 6.84. The van der Waals surface area contributed by atoms with Gasteiger partial charge in [0.25, 0.3) is 5.91 Å². The highest BCUT2D eigenvalue weighted by atomic mass is 35.5. The van der Waals surface area contributed by atoms with E-state index in [9.17, 15) is 9.59 Å². The fraction of sp³-hybridized carbons (Fsp3) is 0.579. The lowest BCUT2D eigenvalue weighted by Gasteiger charge is -2.39. The molecule has 6 nitrogen and oxygen atoms in total. The van der Waals surface area contributed by atoms with Gasteiger partial charge in [-0.05, 0) is 31.9 Å². The summed E-state index contributed by atoms with van der Waals surface area (Å²) in [5.41, 5.74) is 0. The zero-order valence-corrected chi connectivity index (χ0v) is 16.0. The predicted molar refractivity (Wildman–Crippen MR) is 103 cm³/mol.